The number of likely N-dealkylation sites (tertiary alicyclic amines) is 2. The molecule has 46 heavy (non-hydrogen) atoms. The quantitative estimate of drug-likeness (QED) is 0.288. The molecule has 0 bridgehead atoms. The predicted molar refractivity (Wildman–Crippen MR) is 181 cm³/mol. The number of anilines is 1. The highest BCUT2D eigenvalue weighted by Gasteiger charge is 2.25. The minimum atomic E-state index is -0.429. The van der Waals surface area contributed by atoms with Crippen LogP contribution in [0.3, 0.4) is 0 Å². The van der Waals surface area contributed by atoms with Crippen LogP contribution in [0, 0.1) is 5.92 Å². The molecule has 2 heterocycles. The summed E-state index contributed by atoms with van der Waals surface area (Å²) in [6.45, 7) is 5.65. The molecule has 5 rings (SSSR count). The first-order valence-corrected chi connectivity index (χ1v) is 16.5. The smallest absolute Gasteiger partial charge is 0.411 e. The van der Waals surface area contributed by atoms with E-state index in [4.69, 9.17) is 10.5 Å². The average molecular weight is 626 g/mol. The minimum Gasteiger partial charge on any atom is -0.446 e. The van der Waals surface area contributed by atoms with Gasteiger partial charge in [0.15, 0.2) is 0 Å². The molecule has 3 amide bonds. The fraction of sp³-hybridized carbons (Fsp3) is 0.432. The van der Waals surface area contributed by atoms with E-state index in [1.165, 1.54) is 5.56 Å². The second-order valence-electron chi connectivity index (χ2n) is 12.6. The van der Waals surface area contributed by atoms with E-state index in [2.05, 4.69) is 39.4 Å². The largest absolute Gasteiger partial charge is 0.446 e. The van der Waals surface area contributed by atoms with Crippen molar-refractivity contribution in [2.75, 3.05) is 51.6 Å². The Labute approximate surface area is 272 Å². The number of nitrogens with zero attached hydrogens (tertiary/aromatic N) is 3. The molecule has 1 unspecified atom stereocenters. The van der Waals surface area contributed by atoms with Crippen molar-refractivity contribution in [1.29, 1.82) is 0 Å². The number of rotatable bonds is 12. The summed E-state index contributed by atoms with van der Waals surface area (Å²) < 4.78 is 5.77. The van der Waals surface area contributed by atoms with Crippen LogP contribution in [0.15, 0.2) is 78.9 Å². The van der Waals surface area contributed by atoms with Gasteiger partial charge in [-0.05, 0) is 61.4 Å². The van der Waals surface area contributed by atoms with Gasteiger partial charge in [0.25, 0.3) is 0 Å². The van der Waals surface area contributed by atoms with Crippen molar-refractivity contribution in [3.8, 4) is 11.1 Å². The molecule has 0 aliphatic carbocycles. The van der Waals surface area contributed by atoms with Gasteiger partial charge in [-0.15, -0.1) is 0 Å². The Hall–Kier alpha value is -4.21. The number of carbonyl (C=O) groups excluding carboxylic acids is 3. The molecule has 9 nitrogen and oxygen atoms in total. The molecule has 0 radical (unpaired) electrons. The fourth-order valence-electron chi connectivity index (χ4n) is 6.36. The minimum absolute atomic E-state index is 0.0510. The van der Waals surface area contributed by atoms with Crippen molar-refractivity contribution in [2.24, 2.45) is 11.7 Å². The number of aryl methyl sites for hydroxylation is 1. The maximum atomic E-state index is 12.8. The van der Waals surface area contributed by atoms with Gasteiger partial charge < -0.3 is 20.3 Å². The Morgan fingerprint density at radius 1 is 0.870 bits per heavy atom. The van der Waals surface area contributed by atoms with E-state index in [1.54, 1.807) is 0 Å². The lowest BCUT2D eigenvalue weighted by Gasteiger charge is -2.32. The van der Waals surface area contributed by atoms with E-state index >= 15 is 0 Å². The lowest BCUT2D eigenvalue weighted by atomic mass is 9.97. The van der Waals surface area contributed by atoms with E-state index in [-0.39, 0.29) is 23.8 Å². The lowest BCUT2D eigenvalue weighted by Crippen LogP contribution is -2.42. The number of carbonyl (C=O) groups is 3. The molecule has 3 aromatic carbocycles. The molecule has 2 aliphatic heterocycles. The van der Waals surface area contributed by atoms with E-state index in [0.29, 0.717) is 19.4 Å². The monoisotopic (exact) mass is 625 g/mol. The van der Waals surface area contributed by atoms with Gasteiger partial charge in [-0.1, -0.05) is 72.8 Å². The number of hydrogen-bond acceptors (Lipinski definition) is 6. The standard InChI is InChI=1S/C37H47N5O4/c1-40(35(43)18-17-28-13-15-29(16-14-28)26-42-21-7-10-31(27-42)36(38)44)24-25-41-22-19-32(20-23-41)46-37(45)39-34-12-6-5-11-33(34)30-8-3-2-4-9-30/h2-6,8-9,11-16,31-32H,7,10,17-27H2,1H3,(H2,38,44)(H,39,45). The molecule has 3 aromatic rings. The molecule has 0 aromatic heterocycles. The highest BCUT2D eigenvalue weighted by molar-refractivity contribution is 5.91. The van der Waals surface area contributed by atoms with Crippen molar-refractivity contribution in [2.45, 2.75) is 51.2 Å². The summed E-state index contributed by atoms with van der Waals surface area (Å²) >= 11 is 0. The molecule has 0 spiro atoms. The zero-order valence-corrected chi connectivity index (χ0v) is 26.9. The number of benzene rings is 3. The Morgan fingerprint density at radius 3 is 2.30 bits per heavy atom. The first kappa shape index (κ1) is 33.2. The molecule has 9 heteroatoms. The third-order valence-corrected chi connectivity index (χ3v) is 9.20. The summed E-state index contributed by atoms with van der Waals surface area (Å²) in [5.41, 5.74) is 10.6. The van der Waals surface area contributed by atoms with Gasteiger partial charge in [0, 0.05) is 58.3 Å². The van der Waals surface area contributed by atoms with Gasteiger partial charge in [0.2, 0.25) is 11.8 Å². The van der Waals surface area contributed by atoms with Crippen molar-refractivity contribution in [1.82, 2.24) is 14.7 Å². The van der Waals surface area contributed by atoms with Crippen molar-refractivity contribution in [3.63, 3.8) is 0 Å². The third kappa shape index (κ3) is 9.64. The van der Waals surface area contributed by atoms with Crippen LogP contribution in [0.2, 0.25) is 0 Å². The lowest BCUT2D eigenvalue weighted by molar-refractivity contribution is -0.130. The summed E-state index contributed by atoms with van der Waals surface area (Å²) in [5, 5.41) is 2.93. The van der Waals surface area contributed by atoms with Crippen molar-refractivity contribution >= 4 is 23.6 Å². The number of nitrogens with two attached hydrogens (primary N) is 1. The topological polar surface area (TPSA) is 108 Å². The number of para-hydroxylation sites is 1. The van der Waals surface area contributed by atoms with Crippen LogP contribution < -0.4 is 11.1 Å². The molecular formula is C37H47N5O4. The molecule has 1 atom stereocenters. The molecule has 2 aliphatic rings. The van der Waals surface area contributed by atoms with Gasteiger partial charge in [-0.25, -0.2) is 4.79 Å². The Bertz CT molecular complexity index is 1440. The van der Waals surface area contributed by atoms with E-state index in [9.17, 15) is 14.4 Å². The first-order valence-electron chi connectivity index (χ1n) is 16.5. The van der Waals surface area contributed by atoms with Crippen LogP contribution in [0.4, 0.5) is 10.5 Å². The van der Waals surface area contributed by atoms with Crippen molar-refractivity contribution < 1.29 is 19.1 Å². The number of hydrogen-bond donors (Lipinski definition) is 2. The number of nitrogens with one attached hydrogen (secondary N) is 1. The van der Waals surface area contributed by atoms with Crippen LogP contribution in [0.5, 0.6) is 0 Å². The van der Waals surface area contributed by atoms with Gasteiger partial charge in [-0.2, -0.15) is 0 Å². The Kier molecular flexibility index (Phi) is 11.8. The van der Waals surface area contributed by atoms with Crippen LogP contribution >= 0.6 is 0 Å². The third-order valence-electron chi connectivity index (χ3n) is 9.20. The highest BCUT2D eigenvalue weighted by atomic mass is 16.6. The number of likely N-dealkylation sites (N-methyl/N-ethyl adjacent to an activating group) is 1. The van der Waals surface area contributed by atoms with Gasteiger partial charge in [0.05, 0.1) is 11.6 Å². The number of piperidine rings is 2. The van der Waals surface area contributed by atoms with Gasteiger partial charge in [0.1, 0.15) is 6.10 Å². The van der Waals surface area contributed by atoms with E-state index < -0.39 is 6.09 Å². The zero-order chi connectivity index (χ0) is 32.3. The van der Waals surface area contributed by atoms with Gasteiger partial charge >= 0.3 is 6.09 Å². The average Bonchev–Trinajstić information content (AvgIpc) is 3.08. The number of amides is 3. The zero-order valence-electron chi connectivity index (χ0n) is 26.9. The molecule has 244 valence electrons. The Balaban J connectivity index is 0.975. The summed E-state index contributed by atoms with van der Waals surface area (Å²) in [7, 11) is 1.87. The molecule has 2 fully saturated rings. The number of primary amides is 1. The fourth-order valence-corrected chi connectivity index (χ4v) is 6.36. The first-order chi connectivity index (χ1) is 22.3. The van der Waals surface area contributed by atoms with Crippen LogP contribution in [0.1, 0.15) is 43.2 Å². The predicted octanol–water partition coefficient (Wildman–Crippen LogP) is 5.16. The summed E-state index contributed by atoms with van der Waals surface area (Å²) in [4.78, 5) is 43.6. The van der Waals surface area contributed by atoms with Gasteiger partial charge in [-0.3, -0.25) is 19.8 Å². The summed E-state index contributed by atoms with van der Waals surface area (Å²) in [5.74, 6) is -0.113. The van der Waals surface area contributed by atoms with Crippen LogP contribution in [0.25, 0.3) is 11.1 Å². The molecular weight excluding hydrogens is 578 g/mol. The second-order valence-corrected chi connectivity index (χ2v) is 12.6. The number of ether oxygens (including phenoxy) is 1. The SMILES string of the molecule is CN(CCN1CCC(OC(=O)Nc2ccccc2-c2ccccc2)CC1)C(=O)CCc1ccc(CN2CCCC(C(N)=O)C2)cc1. The maximum Gasteiger partial charge on any atom is 0.411 e. The van der Waals surface area contributed by atoms with Crippen LogP contribution in [-0.4, -0.2) is 85.0 Å². The summed E-state index contributed by atoms with van der Waals surface area (Å²) in [6, 6.07) is 26.2. The molecule has 3 N–H and O–H groups in total. The molecule has 2 saturated heterocycles. The van der Waals surface area contributed by atoms with Crippen molar-refractivity contribution in [3.05, 3.63) is 90.0 Å². The Morgan fingerprint density at radius 2 is 1.57 bits per heavy atom. The molecule has 0 saturated carbocycles. The van der Waals surface area contributed by atoms with E-state index in [0.717, 1.165) is 87.3 Å². The van der Waals surface area contributed by atoms with E-state index in [1.807, 2.05) is 66.5 Å². The van der Waals surface area contributed by atoms with Crippen LogP contribution in [-0.2, 0) is 27.3 Å². The summed E-state index contributed by atoms with van der Waals surface area (Å²) in [6.07, 6.45) is 4.04. The second kappa shape index (κ2) is 16.4. The normalized spacial score (nSPS) is 17.7. The highest BCUT2D eigenvalue weighted by Crippen LogP contribution is 2.28. The maximum absolute atomic E-state index is 12.8.